The maximum Gasteiger partial charge on any atom is 0.410 e. The second-order valence-electron chi connectivity index (χ2n) is 8.79. The Bertz CT molecular complexity index is 931. The van der Waals surface area contributed by atoms with Crippen LogP contribution < -0.4 is 11.1 Å². The topological polar surface area (TPSA) is 131 Å². The van der Waals surface area contributed by atoms with Crippen LogP contribution in [-0.4, -0.2) is 64.6 Å². The van der Waals surface area contributed by atoms with Gasteiger partial charge in [0.1, 0.15) is 30.1 Å². The van der Waals surface area contributed by atoms with Crippen LogP contribution in [0.3, 0.4) is 0 Å². The fourth-order valence-electron chi connectivity index (χ4n) is 3.72. The molecule has 2 atom stereocenters. The average molecular weight is 450 g/mol. The number of ether oxygens (including phenoxy) is 2. The molecule has 11 heteroatoms. The molecule has 2 heterocycles. The number of alkyl carbamates (subject to hydrolysis) is 1. The van der Waals surface area contributed by atoms with Crippen molar-refractivity contribution in [2.24, 2.45) is 5.73 Å². The van der Waals surface area contributed by atoms with E-state index in [1.165, 1.54) is 15.9 Å². The maximum atomic E-state index is 13.9. The first kappa shape index (κ1) is 23.3. The number of carbonyl (C=O) groups is 4. The van der Waals surface area contributed by atoms with Gasteiger partial charge in [0.05, 0.1) is 13.1 Å². The quantitative estimate of drug-likeness (QED) is 0.710. The molecule has 1 fully saturated rings. The molecule has 174 valence electrons. The van der Waals surface area contributed by atoms with Gasteiger partial charge in [-0.05, 0) is 32.4 Å². The van der Waals surface area contributed by atoms with E-state index in [-0.39, 0.29) is 31.9 Å². The third-order valence-electron chi connectivity index (χ3n) is 5.15. The molecular weight excluding hydrogens is 423 g/mol. The molecule has 0 radical (unpaired) electrons. The lowest BCUT2D eigenvalue weighted by atomic mass is 10.1. The lowest BCUT2D eigenvalue weighted by Gasteiger charge is -2.23. The molecule has 32 heavy (non-hydrogen) atoms. The van der Waals surface area contributed by atoms with Crippen molar-refractivity contribution in [3.05, 3.63) is 35.1 Å². The van der Waals surface area contributed by atoms with Crippen molar-refractivity contribution in [2.45, 2.75) is 58.0 Å². The molecule has 0 aromatic heterocycles. The fraction of sp³-hybridized carbons (Fsp3) is 0.524. The third kappa shape index (κ3) is 5.45. The molecule has 0 spiro atoms. The summed E-state index contributed by atoms with van der Waals surface area (Å²) in [5.74, 6) is -1.69. The van der Waals surface area contributed by atoms with Gasteiger partial charge in [0, 0.05) is 18.5 Å². The number of fused-ring (bicyclic) bond motifs is 1. The Kier molecular flexibility index (Phi) is 6.56. The number of hydrogen-bond donors (Lipinski definition) is 2. The Morgan fingerprint density at radius 2 is 1.94 bits per heavy atom. The zero-order chi connectivity index (χ0) is 23.6. The molecule has 1 saturated heterocycles. The zero-order valence-corrected chi connectivity index (χ0v) is 18.2. The number of amides is 4. The van der Waals surface area contributed by atoms with Crippen molar-refractivity contribution in [1.29, 1.82) is 0 Å². The molecule has 3 N–H and O–H groups in total. The molecule has 1 aromatic carbocycles. The number of rotatable bonds is 4. The van der Waals surface area contributed by atoms with Crippen LogP contribution in [0.5, 0.6) is 0 Å². The Morgan fingerprint density at radius 3 is 2.56 bits per heavy atom. The van der Waals surface area contributed by atoms with Crippen LogP contribution in [0, 0.1) is 5.82 Å². The number of hydrogen-bond acceptors (Lipinski definition) is 6. The van der Waals surface area contributed by atoms with Crippen LogP contribution >= 0.6 is 0 Å². The summed E-state index contributed by atoms with van der Waals surface area (Å²) in [6.45, 7) is 4.89. The summed E-state index contributed by atoms with van der Waals surface area (Å²) < 4.78 is 24.5. The third-order valence-corrected chi connectivity index (χ3v) is 5.15. The monoisotopic (exact) mass is 450 g/mol. The van der Waals surface area contributed by atoms with E-state index in [1.807, 2.05) is 0 Å². The molecule has 0 aliphatic carbocycles. The summed E-state index contributed by atoms with van der Waals surface area (Å²) >= 11 is 0. The van der Waals surface area contributed by atoms with Gasteiger partial charge in [-0.1, -0.05) is 12.1 Å². The maximum absolute atomic E-state index is 13.9. The number of halogens is 1. The summed E-state index contributed by atoms with van der Waals surface area (Å²) in [7, 11) is 0. The lowest BCUT2D eigenvalue weighted by molar-refractivity contribution is -0.136. The number of nitrogens with two attached hydrogens (primary N) is 1. The van der Waals surface area contributed by atoms with Gasteiger partial charge in [0.2, 0.25) is 11.8 Å². The number of nitrogens with zero attached hydrogens (tertiary/aromatic N) is 2. The highest BCUT2D eigenvalue weighted by Gasteiger charge is 2.41. The molecule has 0 saturated carbocycles. The fourth-order valence-corrected chi connectivity index (χ4v) is 3.72. The first-order valence-electron chi connectivity index (χ1n) is 10.2. The normalized spacial score (nSPS) is 20.0. The Hall–Kier alpha value is -3.37. The minimum Gasteiger partial charge on any atom is -0.444 e. The summed E-state index contributed by atoms with van der Waals surface area (Å²) in [6.07, 6.45) is -2.17. The largest absolute Gasteiger partial charge is 0.444 e. The summed E-state index contributed by atoms with van der Waals surface area (Å²) in [5.41, 5.74) is 5.83. The minimum absolute atomic E-state index is 0.0361. The molecule has 0 unspecified atom stereocenters. The molecule has 0 bridgehead atoms. The predicted molar refractivity (Wildman–Crippen MR) is 109 cm³/mol. The van der Waals surface area contributed by atoms with E-state index < -0.39 is 48.3 Å². The van der Waals surface area contributed by atoms with E-state index in [2.05, 4.69) is 5.32 Å². The summed E-state index contributed by atoms with van der Waals surface area (Å²) in [4.78, 5) is 51.3. The first-order chi connectivity index (χ1) is 14.9. The summed E-state index contributed by atoms with van der Waals surface area (Å²) in [5, 5.41) is 2.34. The van der Waals surface area contributed by atoms with Crippen LogP contribution in [0.2, 0.25) is 0 Å². The van der Waals surface area contributed by atoms with E-state index >= 15 is 0 Å². The number of nitrogens with one attached hydrogen (secondary N) is 1. The highest BCUT2D eigenvalue weighted by atomic mass is 19.1. The predicted octanol–water partition coefficient (Wildman–Crippen LogP) is 1.26. The zero-order valence-electron chi connectivity index (χ0n) is 18.2. The van der Waals surface area contributed by atoms with Gasteiger partial charge in [-0.2, -0.15) is 0 Å². The van der Waals surface area contributed by atoms with Gasteiger partial charge in [-0.3, -0.25) is 14.5 Å². The Balaban J connectivity index is 1.56. The number of primary amides is 1. The van der Waals surface area contributed by atoms with Crippen molar-refractivity contribution in [3.8, 4) is 0 Å². The number of likely N-dealkylation sites (tertiary alicyclic amines) is 1. The SMILES string of the molecule is CC(C)(C)OC(=O)NCC(=O)N1C[C@H](OC(=O)N2Cc3cccc(F)c3C2)C[C@H]1C(N)=O. The van der Waals surface area contributed by atoms with Crippen LogP contribution in [0.1, 0.15) is 38.3 Å². The van der Waals surface area contributed by atoms with Crippen molar-refractivity contribution in [3.63, 3.8) is 0 Å². The van der Waals surface area contributed by atoms with Gasteiger partial charge in [0.25, 0.3) is 0 Å². The second-order valence-corrected chi connectivity index (χ2v) is 8.79. The molecular formula is C21H27FN4O6. The molecule has 10 nitrogen and oxygen atoms in total. The summed E-state index contributed by atoms with van der Waals surface area (Å²) in [6, 6.07) is 3.67. The molecule has 1 aromatic rings. The Morgan fingerprint density at radius 1 is 1.22 bits per heavy atom. The minimum atomic E-state index is -0.978. The standard InChI is InChI=1S/C21H27FN4O6/c1-21(2,3)32-19(29)24-8-17(27)26-10-13(7-16(26)18(23)28)31-20(30)25-9-12-5-4-6-15(22)14(12)11-25/h4-6,13,16H,7-11H2,1-3H3,(H2,23,28)(H,24,29)/t13-,16+/m1/s1. The van der Waals surface area contributed by atoms with E-state index in [0.29, 0.717) is 11.1 Å². The van der Waals surface area contributed by atoms with Crippen LogP contribution in [0.25, 0.3) is 0 Å². The highest BCUT2D eigenvalue weighted by Crippen LogP contribution is 2.27. The van der Waals surface area contributed by atoms with Gasteiger partial charge in [-0.15, -0.1) is 0 Å². The Labute approximate surface area is 184 Å². The van der Waals surface area contributed by atoms with Crippen LogP contribution in [0.15, 0.2) is 18.2 Å². The number of carbonyl (C=O) groups excluding carboxylic acids is 4. The van der Waals surface area contributed by atoms with Gasteiger partial charge in [-0.25, -0.2) is 14.0 Å². The van der Waals surface area contributed by atoms with E-state index in [0.717, 1.165) is 0 Å². The highest BCUT2D eigenvalue weighted by molar-refractivity contribution is 5.89. The average Bonchev–Trinajstić information content (AvgIpc) is 3.30. The number of benzene rings is 1. The van der Waals surface area contributed by atoms with Crippen LogP contribution in [-0.2, 0) is 32.2 Å². The molecule has 3 rings (SSSR count). The smallest absolute Gasteiger partial charge is 0.410 e. The molecule has 2 aliphatic heterocycles. The van der Waals surface area contributed by atoms with Gasteiger partial charge in [0.15, 0.2) is 0 Å². The van der Waals surface area contributed by atoms with Crippen molar-refractivity contribution >= 4 is 24.0 Å². The van der Waals surface area contributed by atoms with Crippen molar-refractivity contribution < 1.29 is 33.0 Å². The molecule has 2 aliphatic rings. The first-order valence-corrected chi connectivity index (χ1v) is 10.2. The van der Waals surface area contributed by atoms with E-state index in [1.54, 1.807) is 32.9 Å². The van der Waals surface area contributed by atoms with Gasteiger partial charge < -0.3 is 25.4 Å². The van der Waals surface area contributed by atoms with Crippen molar-refractivity contribution in [1.82, 2.24) is 15.1 Å². The second kappa shape index (κ2) is 9.01. The van der Waals surface area contributed by atoms with E-state index in [9.17, 15) is 23.6 Å². The molecule has 4 amide bonds. The lowest BCUT2D eigenvalue weighted by Crippen LogP contribution is -2.48. The van der Waals surface area contributed by atoms with Gasteiger partial charge >= 0.3 is 12.2 Å². The van der Waals surface area contributed by atoms with Crippen molar-refractivity contribution in [2.75, 3.05) is 13.1 Å². The van der Waals surface area contributed by atoms with E-state index in [4.69, 9.17) is 15.2 Å². The van der Waals surface area contributed by atoms with Crippen LogP contribution in [0.4, 0.5) is 14.0 Å².